The van der Waals surface area contributed by atoms with E-state index in [1.165, 1.54) is 18.3 Å². The molecule has 4 heterocycles. The van der Waals surface area contributed by atoms with Crippen LogP contribution in [-0.4, -0.2) is 63.0 Å². The van der Waals surface area contributed by atoms with Crippen molar-refractivity contribution in [2.75, 3.05) is 31.6 Å². The number of aromatic nitrogens is 4. The molecule has 1 N–H and O–H groups in total. The third-order valence-corrected chi connectivity index (χ3v) is 4.67. The fourth-order valence-electron chi connectivity index (χ4n) is 3.25. The predicted octanol–water partition coefficient (Wildman–Crippen LogP) is 3.13. The molecule has 0 atom stereocenters. The first-order chi connectivity index (χ1) is 14.8. The summed E-state index contributed by atoms with van der Waals surface area (Å²) < 4.78 is 58.5. The van der Waals surface area contributed by atoms with Gasteiger partial charge in [0.2, 0.25) is 0 Å². The molecule has 3 aromatic rings. The minimum Gasteiger partial charge on any atom is -0.380 e. The van der Waals surface area contributed by atoms with Gasteiger partial charge >= 0.3 is 6.18 Å². The Morgan fingerprint density at radius 3 is 2.74 bits per heavy atom. The van der Waals surface area contributed by atoms with E-state index in [0.717, 1.165) is 16.9 Å². The lowest BCUT2D eigenvalue weighted by Crippen LogP contribution is -2.33. The van der Waals surface area contributed by atoms with Crippen molar-refractivity contribution in [2.45, 2.75) is 19.1 Å². The van der Waals surface area contributed by atoms with Crippen LogP contribution in [0.15, 0.2) is 30.6 Å². The van der Waals surface area contributed by atoms with Crippen molar-refractivity contribution in [3.05, 3.63) is 42.1 Å². The van der Waals surface area contributed by atoms with E-state index in [9.17, 15) is 22.4 Å². The van der Waals surface area contributed by atoms with Gasteiger partial charge in [-0.1, -0.05) is 0 Å². The summed E-state index contributed by atoms with van der Waals surface area (Å²) in [5, 5.41) is 7.03. The van der Waals surface area contributed by atoms with Crippen molar-refractivity contribution in [1.82, 2.24) is 24.6 Å². The van der Waals surface area contributed by atoms with Gasteiger partial charge in [0.1, 0.15) is 23.9 Å². The molecule has 12 heteroatoms. The summed E-state index contributed by atoms with van der Waals surface area (Å²) in [5.74, 6) is -0.679. The molecule has 0 radical (unpaired) electrons. The molecule has 1 saturated heterocycles. The summed E-state index contributed by atoms with van der Waals surface area (Å²) in [6.45, 7) is 0.434. The quantitative estimate of drug-likeness (QED) is 0.630. The number of halogens is 4. The minimum absolute atomic E-state index is 0.0178. The van der Waals surface area contributed by atoms with Crippen LogP contribution in [0.4, 0.5) is 29.2 Å². The van der Waals surface area contributed by atoms with Gasteiger partial charge in [-0.3, -0.25) is 14.5 Å². The lowest BCUT2D eigenvalue weighted by molar-refractivity contribution is -0.141. The van der Waals surface area contributed by atoms with Crippen molar-refractivity contribution < 1.29 is 27.1 Å². The van der Waals surface area contributed by atoms with Crippen molar-refractivity contribution in [1.29, 1.82) is 0 Å². The number of pyridine rings is 2. The smallest absolute Gasteiger partial charge is 0.380 e. The van der Waals surface area contributed by atoms with Crippen LogP contribution in [0.5, 0.6) is 0 Å². The molecule has 31 heavy (non-hydrogen) atoms. The SMILES string of the molecule is O=C(c1cc2c(cn1)c(Nc1ccc(F)cn1)nn2CC(F)(F)F)N1CCCOCC1. The van der Waals surface area contributed by atoms with E-state index in [1.807, 2.05) is 0 Å². The van der Waals surface area contributed by atoms with Gasteiger partial charge in [0, 0.05) is 25.9 Å². The van der Waals surface area contributed by atoms with Crippen molar-refractivity contribution in [3.8, 4) is 0 Å². The first kappa shape index (κ1) is 21.0. The maximum absolute atomic E-state index is 13.1. The Morgan fingerprint density at radius 2 is 2.00 bits per heavy atom. The third-order valence-electron chi connectivity index (χ3n) is 4.67. The van der Waals surface area contributed by atoms with Gasteiger partial charge in [-0.15, -0.1) is 0 Å². The van der Waals surface area contributed by atoms with Crippen LogP contribution in [0.1, 0.15) is 16.9 Å². The van der Waals surface area contributed by atoms with E-state index < -0.39 is 18.5 Å². The Hall–Kier alpha value is -3.28. The highest BCUT2D eigenvalue weighted by atomic mass is 19.4. The van der Waals surface area contributed by atoms with Crippen molar-refractivity contribution in [2.24, 2.45) is 0 Å². The number of rotatable bonds is 4. The lowest BCUT2D eigenvalue weighted by Gasteiger charge is -2.19. The normalized spacial score (nSPS) is 15.2. The molecule has 1 aliphatic rings. The number of hydrogen-bond donors (Lipinski definition) is 1. The molecule has 1 amide bonds. The maximum atomic E-state index is 13.1. The number of alkyl halides is 3. The highest BCUT2D eigenvalue weighted by Crippen LogP contribution is 2.28. The standard InChI is InChI=1S/C19H18F4N6O2/c20-12-2-3-16(25-9-12)26-17-13-10-24-14(18(30)28-4-1-6-31-7-5-28)8-15(13)29(27-17)11-19(21,22)23/h2-3,8-10H,1,4-7,11H2,(H,25,26,27). The molecule has 3 aromatic heterocycles. The van der Waals surface area contributed by atoms with Gasteiger partial charge in [0.05, 0.1) is 23.7 Å². The molecule has 0 aliphatic carbocycles. The summed E-state index contributed by atoms with van der Waals surface area (Å²) in [7, 11) is 0. The summed E-state index contributed by atoms with van der Waals surface area (Å²) in [6, 6.07) is 3.78. The summed E-state index contributed by atoms with van der Waals surface area (Å²) in [5.41, 5.74) is 0.107. The fourth-order valence-corrected chi connectivity index (χ4v) is 3.25. The van der Waals surface area contributed by atoms with Gasteiger partial charge < -0.3 is 15.0 Å². The van der Waals surface area contributed by atoms with E-state index in [1.54, 1.807) is 4.90 Å². The molecule has 0 unspecified atom stereocenters. The Kier molecular flexibility index (Phi) is 5.72. The van der Waals surface area contributed by atoms with Crippen LogP contribution in [0.25, 0.3) is 10.9 Å². The van der Waals surface area contributed by atoms with Crippen molar-refractivity contribution >= 4 is 28.4 Å². The Balaban J connectivity index is 1.71. The van der Waals surface area contributed by atoms with Crippen LogP contribution in [0.3, 0.4) is 0 Å². The number of ether oxygens (including phenoxy) is 1. The molecule has 1 aliphatic heterocycles. The fraction of sp³-hybridized carbons (Fsp3) is 0.368. The van der Waals surface area contributed by atoms with Gasteiger partial charge in [0.15, 0.2) is 5.82 Å². The number of nitrogens with one attached hydrogen (secondary N) is 1. The molecule has 164 valence electrons. The maximum Gasteiger partial charge on any atom is 0.408 e. The predicted molar refractivity (Wildman–Crippen MR) is 102 cm³/mol. The lowest BCUT2D eigenvalue weighted by atomic mass is 10.2. The zero-order valence-corrected chi connectivity index (χ0v) is 16.2. The zero-order valence-electron chi connectivity index (χ0n) is 16.2. The average molecular weight is 438 g/mol. The first-order valence-corrected chi connectivity index (χ1v) is 9.49. The van der Waals surface area contributed by atoms with E-state index in [4.69, 9.17) is 4.74 Å². The summed E-state index contributed by atoms with van der Waals surface area (Å²) in [4.78, 5) is 22.4. The van der Waals surface area contributed by atoms with Crippen LogP contribution in [0.2, 0.25) is 0 Å². The molecule has 0 aromatic carbocycles. The van der Waals surface area contributed by atoms with E-state index in [-0.39, 0.29) is 34.1 Å². The number of hydrogen-bond acceptors (Lipinski definition) is 6. The number of nitrogens with zero attached hydrogens (tertiary/aromatic N) is 5. The second kappa shape index (κ2) is 8.46. The zero-order chi connectivity index (χ0) is 22.0. The molecular weight excluding hydrogens is 420 g/mol. The minimum atomic E-state index is -4.53. The van der Waals surface area contributed by atoms with Crippen LogP contribution >= 0.6 is 0 Å². The average Bonchev–Trinajstić information content (AvgIpc) is 2.90. The largest absolute Gasteiger partial charge is 0.408 e. The third kappa shape index (κ3) is 4.90. The molecular formula is C19H18F4N6O2. The molecule has 4 rings (SSSR count). The highest BCUT2D eigenvalue weighted by Gasteiger charge is 2.30. The Morgan fingerprint density at radius 1 is 1.16 bits per heavy atom. The number of anilines is 2. The van der Waals surface area contributed by atoms with E-state index in [2.05, 4.69) is 20.4 Å². The number of fused-ring (bicyclic) bond motifs is 1. The molecule has 0 bridgehead atoms. The first-order valence-electron chi connectivity index (χ1n) is 9.49. The monoisotopic (exact) mass is 438 g/mol. The van der Waals surface area contributed by atoms with Gasteiger partial charge in [0.25, 0.3) is 5.91 Å². The summed E-state index contributed by atoms with van der Waals surface area (Å²) in [6.07, 6.45) is -1.60. The topological polar surface area (TPSA) is 85.2 Å². The second-order valence-electron chi connectivity index (χ2n) is 6.95. The van der Waals surface area contributed by atoms with Gasteiger partial charge in [-0.2, -0.15) is 18.3 Å². The molecule has 0 saturated carbocycles. The summed E-state index contributed by atoms with van der Waals surface area (Å²) >= 11 is 0. The second-order valence-corrected chi connectivity index (χ2v) is 6.95. The number of carbonyl (C=O) groups is 1. The van der Waals surface area contributed by atoms with Crippen molar-refractivity contribution in [3.63, 3.8) is 0 Å². The highest BCUT2D eigenvalue weighted by molar-refractivity contribution is 5.98. The van der Waals surface area contributed by atoms with Gasteiger partial charge in [-0.25, -0.2) is 9.37 Å². The Labute approximate surface area is 173 Å². The molecule has 1 fully saturated rings. The van der Waals surface area contributed by atoms with Crippen LogP contribution < -0.4 is 5.32 Å². The van der Waals surface area contributed by atoms with Gasteiger partial charge in [-0.05, 0) is 24.6 Å². The van der Waals surface area contributed by atoms with E-state index >= 15 is 0 Å². The van der Waals surface area contributed by atoms with Crippen LogP contribution in [0, 0.1) is 5.82 Å². The number of carbonyl (C=O) groups excluding carboxylic acids is 1. The van der Waals surface area contributed by atoms with Crippen LogP contribution in [-0.2, 0) is 11.3 Å². The molecule has 0 spiro atoms. The Bertz CT molecular complexity index is 1080. The molecule has 8 nitrogen and oxygen atoms in total. The van der Waals surface area contributed by atoms with E-state index in [0.29, 0.717) is 32.7 Å². The number of amides is 1.